The predicted molar refractivity (Wildman–Crippen MR) is 113 cm³/mol. The lowest BCUT2D eigenvalue weighted by Gasteiger charge is -2.23. The summed E-state index contributed by atoms with van der Waals surface area (Å²) in [6.45, 7) is 10.3. The first-order valence-electron chi connectivity index (χ1n) is 9.52. The van der Waals surface area contributed by atoms with Gasteiger partial charge in [0.25, 0.3) is 11.8 Å². The summed E-state index contributed by atoms with van der Waals surface area (Å²) < 4.78 is 10.8. The first-order valence-corrected chi connectivity index (χ1v) is 9.52. The van der Waals surface area contributed by atoms with Crippen molar-refractivity contribution in [2.24, 2.45) is 0 Å². The molecule has 2 amide bonds. The van der Waals surface area contributed by atoms with E-state index in [1.165, 1.54) is 5.56 Å². The van der Waals surface area contributed by atoms with E-state index >= 15 is 0 Å². The highest BCUT2D eigenvalue weighted by Crippen LogP contribution is 2.27. The van der Waals surface area contributed by atoms with Crippen LogP contribution in [0.5, 0.6) is 11.5 Å². The van der Waals surface area contributed by atoms with Gasteiger partial charge >= 0.3 is 0 Å². The molecule has 0 unspecified atom stereocenters. The average Bonchev–Trinajstić information content (AvgIpc) is 2.75. The highest BCUT2D eigenvalue weighted by atomic mass is 16.5. The molecule has 0 atom stereocenters. The van der Waals surface area contributed by atoms with E-state index in [2.05, 4.69) is 38.2 Å². The van der Waals surface area contributed by atoms with Crippen LogP contribution in [0.25, 0.3) is 0 Å². The maximum atomic E-state index is 12.1. The zero-order valence-electron chi connectivity index (χ0n) is 17.2. The van der Waals surface area contributed by atoms with Gasteiger partial charge < -0.3 is 9.47 Å². The molecule has 0 spiro atoms. The minimum absolute atomic E-state index is 0.0934. The van der Waals surface area contributed by atoms with Gasteiger partial charge in [-0.1, -0.05) is 45.6 Å². The number of rotatable bonds is 9. The Morgan fingerprint density at radius 3 is 2.14 bits per heavy atom. The van der Waals surface area contributed by atoms with Crippen molar-refractivity contribution in [1.82, 2.24) is 10.9 Å². The molecular formula is C23H28N2O4. The largest absolute Gasteiger partial charge is 0.490 e. The van der Waals surface area contributed by atoms with E-state index in [1.54, 1.807) is 30.3 Å². The van der Waals surface area contributed by atoms with Crippen LogP contribution in [0.4, 0.5) is 0 Å². The molecule has 0 aromatic heterocycles. The van der Waals surface area contributed by atoms with E-state index < -0.39 is 11.8 Å². The maximum Gasteiger partial charge on any atom is 0.276 e. The van der Waals surface area contributed by atoms with Gasteiger partial charge in [0.2, 0.25) is 0 Å². The van der Waals surface area contributed by atoms with Gasteiger partial charge in [-0.15, -0.1) is 0 Å². The van der Waals surface area contributed by atoms with E-state index in [0.29, 0.717) is 23.7 Å². The molecule has 0 aliphatic carbocycles. The molecule has 0 saturated carbocycles. The first kappa shape index (κ1) is 22.0. The van der Waals surface area contributed by atoms with Crippen LogP contribution < -0.4 is 20.3 Å². The molecule has 0 radical (unpaired) electrons. The number of nitrogens with one attached hydrogen (secondary N) is 2. The van der Waals surface area contributed by atoms with Crippen molar-refractivity contribution in [3.05, 3.63) is 72.3 Å². The van der Waals surface area contributed by atoms with Gasteiger partial charge in [0, 0.05) is 5.56 Å². The molecular weight excluding hydrogens is 368 g/mol. The second-order valence-electron chi connectivity index (χ2n) is 7.18. The third-order valence-corrected chi connectivity index (χ3v) is 4.69. The molecule has 0 aliphatic rings. The lowest BCUT2D eigenvalue weighted by molar-refractivity contribution is -0.123. The third kappa shape index (κ3) is 6.68. The quantitative estimate of drug-likeness (QED) is 0.500. The van der Waals surface area contributed by atoms with Gasteiger partial charge in [-0.05, 0) is 53.8 Å². The van der Waals surface area contributed by atoms with Crippen molar-refractivity contribution in [3.63, 3.8) is 0 Å². The number of ether oxygens (including phenoxy) is 2. The highest BCUT2D eigenvalue weighted by Gasteiger charge is 2.17. The maximum absolute atomic E-state index is 12.1. The predicted octanol–water partition coefficient (Wildman–Crippen LogP) is 3.78. The Balaban J connectivity index is 1.78. The van der Waals surface area contributed by atoms with Crippen LogP contribution in [0.2, 0.25) is 0 Å². The second kappa shape index (κ2) is 10.3. The van der Waals surface area contributed by atoms with Gasteiger partial charge in [0.15, 0.2) is 6.61 Å². The molecule has 0 saturated heterocycles. The molecule has 0 bridgehead atoms. The number of benzene rings is 2. The highest BCUT2D eigenvalue weighted by molar-refractivity contribution is 5.95. The SMILES string of the molecule is C=CCOc1ccc(C(=O)NNC(=O)COc2ccc(C(C)(C)CC)cc2)cc1. The van der Waals surface area contributed by atoms with Crippen LogP contribution in [-0.2, 0) is 10.2 Å². The Hall–Kier alpha value is -3.28. The topological polar surface area (TPSA) is 76.7 Å². The summed E-state index contributed by atoms with van der Waals surface area (Å²) >= 11 is 0. The van der Waals surface area contributed by atoms with Crippen LogP contribution >= 0.6 is 0 Å². The molecule has 154 valence electrons. The normalized spacial score (nSPS) is 10.7. The van der Waals surface area contributed by atoms with Crippen LogP contribution in [0.15, 0.2) is 61.2 Å². The molecule has 6 nitrogen and oxygen atoms in total. The van der Waals surface area contributed by atoms with Crippen LogP contribution in [0, 0.1) is 0 Å². The summed E-state index contributed by atoms with van der Waals surface area (Å²) in [5, 5.41) is 0. The van der Waals surface area contributed by atoms with E-state index in [-0.39, 0.29) is 12.0 Å². The van der Waals surface area contributed by atoms with Gasteiger partial charge in [-0.25, -0.2) is 0 Å². The average molecular weight is 396 g/mol. The van der Waals surface area contributed by atoms with Crippen LogP contribution in [-0.4, -0.2) is 25.0 Å². The van der Waals surface area contributed by atoms with Crippen molar-refractivity contribution in [2.45, 2.75) is 32.6 Å². The number of hydrazine groups is 1. The van der Waals surface area contributed by atoms with Crippen molar-refractivity contribution < 1.29 is 19.1 Å². The fourth-order valence-corrected chi connectivity index (χ4v) is 2.45. The van der Waals surface area contributed by atoms with E-state index in [9.17, 15) is 9.59 Å². The van der Waals surface area contributed by atoms with Crippen molar-refractivity contribution >= 4 is 11.8 Å². The monoisotopic (exact) mass is 396 g/mol. The Kier molecular flexibility index (Phi) is 7.83. The second-order valence-corrected chi connectivity index (χ2v) is 7.18. The molecule has 0 heterocycles. The molecule has 2 N–H and O–H groups in total. The van der Waals surface area contributed by atoms with Gasteiger partial charge in [0.05, 0.1) is 0 Å². The number of amides is 2. The molecule has 2 rings (SSSR count). The standard InChI is InChI=1S/C23H28N2O4/c1-5-15-28-19-11-7-17(8-12-19)22(27)25-24-21(26)16-29-20-13-9-18(10-14-20)23(3,4)6-2/h5,7-14H,1,6,15-16H2,2-4H3,(H,24,26)(H,25,27). The summed E-state index contributed by atoms with van der Waals surface area (Å²) in [5.74, 6) is 0.339. The summed E-state index contributed by atoms with van der Waals surface area (Å²) in [6, 6.07) is 14.2. The first-order chi connectivity index (χ1) is 13.9. The van der Waals surface area contributed by atoms with Gasteiger partial charge in [-0.2, -0.15) is 0 Å². The zero-order valence-corrected chi connectivity index (χ0v) is 17.2. The lowest BCUT2D eigenvalue weighted by atomic mass is 9.82. The smallest absolute Gasteiger partial charge is 0.276 e. The number of carbonyl (C=O) groups is 2. The number of hydrogen-bond donors (Lipinski definition) is 2. The van der Waals surface area contributed by atoms with Crippen molar-refractivity contribution in [2.75, 3.05) is 13.2 Å². The summed E-state index contributed by atoms with van der Waals surface area (Å²) in [6.07, 6.45) is 2.67. The van der Waals surface area contributed by atoms with E-state index in [1.807, 2.05) is 24.3 Å². The van der Waals surface area contributed by atoms with E-state index in [4.69, 9.17) is 9.47 Å². The Labute approximate surface area is 171 Å². The van der Waals surface area contributed by atoms with Gasteiger partial charge in [0.1, 0.15) is 18.1 Å². The minimum Gasteiger partial charge on any atom is -0.490 e. The summed E-state index contributed by atoms with van der Waals surface area (Å²) in [5.41, 5.74) is 6.40. The molecule has 29 heavy (non-hydrogen) atoms. The lowest BCUT2D eigenvalue weighted by Crippen LogP contribution is -2.43. The Bertz CT molecular complexity index is 827. The third-order valence-electron chi connectivity index (χ3n) is 4.69. The molecule has 6 heteroatoms. The molecule has 2 aromatic rings. The molecule has 0 fully saturated rings. The number of carbonyl (C=O) groups excluding carboxylic acids is 2. The van der Waals surface area contributed by atoms with Crippen molar-refractivity contribution in [1.29, 1.82) is 0 Å². The van der Waals surface area contributed by atoms with Gasteiger partial charge in [-0.3, -0.25) is 20.4 Å². The number of hydrogen-bond acceptors (Lipinski definition) is 4. The summed E-state index contributed by atoms with van der Waals surface area (Å²) in [4.78, 5) is 24.0. The van der Waals surface area contributed by atoms with Crippen LogP contribution in [0.1, 0.15) is 43.1 Å². The Morgan fingerprint density at radius 2 is 1.55 bits per heavy atom. The molecule has 0 aliphatic heterocycles. The van der Waals surface area contributed by atoms with E-state index in [0.717, 1.165) is 6.42 Å². The minimum atomic E-state index is -0.456. The Morgan fingerprint density at radius 1 is 0.966 bits per heavy atom. The summed E-state index contributed by atoms with van der Waals surface area (Å²) in [7, 11) is 0. The molecule has 2 aromatic carbocycles. The van der Waals surface area contributed by atoms with Crippen molar-refractivity contribution in [3.8, 4) is 11.5 Å². The van der Waals surface area contributed by atoms with Crippen LogP contribution in [0.3, 0.4) is 0 Å². The fraction of sp³-hybridized carbons (Fsp3) is 0.304. The zero-order chi connectivity index (χ0) is 21.3. The fourth-order valence-electron chi connectivity index (χ4n) is 2.45.